The van der Waals surface area contributed by atoms with Gasteiger partial charge in [0.05, 0.1) is 22.7 Å². The molecule has 0 unspecified atom stereocenters. The van der Waals surface area contributed by atoms with Crippen molar-refractivity contribution >= 4 is 29.3 Å². The summed E-state index contributed by atoms with van der Waals surface area (Å²) >= 11 is 1.39. The highest BCUT2D eigenvalue weighted by molar-refractivity contribution is 8.00. The Morgan fingerprint density at radius 1 is 1.20 bits per heavy atom. The van der Waals surface area contributed by atoms with Crippen molar-refractivity contribution in [2.45, 2.75) is 11.5 Å². The summed E-state index contributed by atoms with van der Waals surface area (Å²) in [6.45, 7) is -0.209. The molecule has 1 aliphatic rings. The zero-order valence-corrected chi connectivity index (χ0v) is 14.4. The van der Waals surface area contributed by atoms with Crippen LogP contribution < -0.4 is 16.6 Å². The maximum Gasteiger partial charge on any atom is 0.338 e. The summed E-state index contributed by atoms with van der Waals surface area (Å²) in [6, 6.07) is 6.14. The second kappa shape index (κ2) is 6.60. The Morgan fingerprint density at radius 2 is 1.96 bits per heavy atom. The van der Waals surface area contributed by atoms with Crippen molar-refractivity contribution in [2.24, 2.45) is 14.1 Å². The van der Waals surface area contributed by atoms with Crippen LogP contribution in [0.3, 0.4) is 0 Å². The smallest absolute Gasteiger partial charge is 0.338 e. The fourth-order valence-corrected chi connectivity index (χ4v) is 3.14. The van der Waals surface area contributed by atoms with Crippen molar-refractivity contribution in [3.63, 3.8) is 0 Å². The van der Waals surface area contributed by atoms with Crippen molar-refractivity contribution in [3.8, 4) is 0 Å². The molecule has 1 N–H and O–H groups in total. The Kier molecular flexibility index (Phi) is 4.49. The summed E-state index contributed by atoms with van der Waals surface area (Å²) < 4.78 is 7.41. The molecular weight excluding hydrogens is 346 g/mol. The van der Waals surface area contributed by atoms with Crippen LogP contribution in [-0.2, 0) is 30.2 Å². The number of amides is 1. The summed E-state index contributed by atoms with van der Waals surface area (Å²) in [7, 11) is 2.87. The predicted molar refractivity (Wildman–Crippen MR) is 91.8 cm³/mol. The van der Waals surface area contributed by atoms with Gasteiger partial charge in [0, 0.05) is 25.1 Å². The normalized spacial score (nSPS) is 13.1. The van der Waals surface area contributed by atoms with Crippen LogP contribution in [0.5, 0.6) is 0 Å². The second-order valence-electron chi connectivity index (χ2n) is 5.50. The first-order valence-corrected chi connectivity index (χ1v) is 8.35. The van der Waals surface area contributed by atoms with Gasteiger partial charge < -0.3 is 10.1 Å². The molecule has 3 rings (SSSR count). The summed E-state index contributed by atoms with van der Waals surface area (Å²) in [5.41, 5.74) is 0.171. The van der Waals surface area contributed by atoms with E-state index in [9.17, 15) is 19.2 Å². The first-order chi connectivity index (χ1) is 11.9. The Morgan fingerprint density at radius 3 is 2.72 bits per heavy atom. The number of esters is 1. The van der Waals surface area contributed by atoms with Gasteiger partial charge in [0.2, 0.25) is 5.91 Å². The number of aromatic nitrogens is 2. The molecule has 1 aromatic carbocycles. The number of rotatable bonds is 3. The monoisotopic (exact) mass is 361 g/mol. The molecule has 2 aromatic rings. The Labute approximate surface area is 146 Å². The molecule has 0 atom stereocenters. The molecule has 0 bridgehead atoms. The number of ether oxygens (including phenoxy) is 1. The van der Waals surface area contributed by atoms with Crippen molar-refractivity contribution < 1.29 is 14.3 Å². The summed E-state index contributed by atoms with van der Waals surface area (Å²) in [6.07, 6.45) is 0. The minimum atomic E-state index is -0.610. The van der Waals surface area contributed by atoms with E-state index in [1.165, 1.54) is 36.5 Å². The second-order valence-corrected chi connectivity index (χ2v) is 6.52. The molecule has 1 aliphatic heterocycles. The van der Waals surface area contributed by atoms with E-state index in [4.69, 9.17) is 4.74 Å². The standard InChI is InChI=1S/C16H15N3O5S/c1-18-10(6-14(21)19(2)16(18)23)7-24-15(22)9-3-4-12-11(5-9)17-13(20)8-25-12/h3-6H,7-8H2,1-2H3,(H,17,20). The lowest BCUT2D eigenvalue weighted by molar-refractivity contribution is -0.113. The number of carbonyl (C=O) groups excluding carboxylic acids is 2. The SMILES string of the molecule is Cn1c(COC(=O)c2ccc3c(c2)NC(=O)CS3)cc(=O)n(C)c1=O. The summed E-state index contributed by atoms with van der Waals surface area (Å²) in [5.74, 6) is -0.396. The van der Waals surface area contributed by atoms with Gasteiger partial charge in [-0.05, 0) is 18.2 Å². The maximum atomic E-state index is 12.2. The van der Waals surface area contributed by atoms with Crippen molar-refractivity contribution in [2.75, 3.05) is 11.1 Å². The third-order valence-corrected chi connectivity index (χ3v) is 4.90. The van der Waals surface area contributed by atoms with Gasteiger partial charge in [-0.1, -0.05) is 0 Å². The minimum Gasteiger partial charge on any atom is -0.456 e. The van der Waals surface area contributed by atoms with E-state index < -0.39 is 17.2 Å². The average molecular weight is 361 g/mol. The molecule has 0 saturated heterocycles. The van der Waals surface area contributed by atoms with Crippen LogP contribution in [0.25, 0.3) is 0 Å². The molecule has 8 nitrogen and oxygen atoms in total. The first kappa shape index (κ1) is 17.0. The molecule has 9 heteroatoms. The predicted octanol–water partition coefficient (Wildman–Crippen LogP) is 0.485. The van der Waals surface area contributed by atoms with Gasteiger partial charge >= 0.3 is 11.7 Å². The molecule has 25 heavy (non-hydrogen) atoms. The van der Waals surface area contributed by atoms with Crippen molar-refractivity contribution in [1.29, 1.82) is 0 Å². The lowest BCUT2D eigenvalue weighted by Gasteiger charge is -2.16. The molecule has 2 heterocycles. The molecule has 1 aromatic heterocycles. The van der Waals surface area contributed by atoms with Gasteiger partial charge in [-0.15, -0.1) is 11.8 Å². The molecule has 0 fully saturated rings. The Bertz CT molecular complexity index is 992. The molecular formula is C16H15N3O5S. The molecule has 0 aliphatic carbocycles. The molecule has 0 spiro atoms. The summed E-state index contributed by atoms with van der Waals surface area (Å²) in [4.78, 5) is 48.1. The fraction of sp³-hybridized carbons (Fsp3) is 0.250. The Balaban J connectivity index is 1.78. The zero-order chi connectivity index (χ0) is 18.1. The van der Waals surface area contributed by atoms with Crippen molar-refractivity contribution in [3.05, 3.63) is 56.4 Å². The molecule has 0 saturated carbocycles. The van der Waals surface area contributed by atoms with Crippen LogP contribution in [-0.4, -0.2) is 26.8 Å². The maximum absolute atomic E-state index is 12.2. The quantitative estimate of drug-likeness (QED) is 0.799. The van der Waals surface area contributed by atoms with Crippen LogP contribution in [0.4, 0.5) is 5.69 Å². The minimum absolute atomic E-state index is 0.127. The zero-order valence-electron chi connectivity index (χ0n) is 13.6. The molecule has 1 amide bonds. The fourth-order valence-electron chi connectivity index (χ4n) is 2.35. The van der Waals surface area contributed by atoms with Crippen molar-refractivity contribution in [1.82, 2.24) is 9.13 Å². The van der Waals surface area contributed by atoms with E-state index in [1.54, 1.807) is 18.2 Å². The van der Waals surface area contributed by atoms with Crippen LogP contribution in [0.15, 0.2) is 38.8 Å². The largest absolute Gasteiger partial charge is 0.456 e. The van der Waals surface area contributed by atoms with Crippen LogP contribution in [0.1, 0.15) is 16.1 Å². The molecule has 130 valence electrons. The van der Waals surface area contributed by atoms with Gasteiger partial charge in [0.15, 0.2) is 0 Å². The average Bonchev–Trinajstić information content (AvgIpc) is 2.60. The first-order valence-electron chi connectivity index (χ1n) is 7.36. The highest BCUT2D eigenvalue weighted by atomic mass is 32.2. The molecule has 0 radical (unpaired) electrons. The van der Waals surface area contributed by atoms with Gasteiger partial charge in [0.25, 0.3) is 5.56 Å². The lowest BCUT2D eigenvalue weighted by Crippen LogP contribution is -2.38. The van der Waals surface area contributed by atoms with Gasteiger partial charge in [-0.2, -0.15) is 0 Å². The van der Waals surface area contributed by atoms with Gasteiger partial charge in [0.1, 0.15) is 6.61 Å². The Hall–Kier alpha value is -2.81. The topological polar surface area (TPSA) is 99.4 Å². The third kappa shape index (κ3) is 3.36. The van der Waals surface area contributed by atoms with E-state index in [0.29, 0.717) is 17.1 Å². The van der Waals surface area contributed by atoms with E-state index in [1.807, 2.05) is 0 Å². The van der Waals surface area contributed by atoms with Crippen LogP contribution in [0, 0.1) is 0 Å². The number of anilines is 1. The number of carbonyl (C=O) groups is 2. The van der Waals surface area contributed by atoms with Crippen LogP contribution >= 0.6 is 11.8 Å². The highest BCUT2D eigenvalue weighted by Gasteiger charge is 2.18. The number of hydrogen-bond acceptors (Lipinski definition) is 6. The highest BCUT2D eigenvalue weighted by Crippen LogP contribution is 2.32. The summed E-state index contributed by atoms with van der Waals surface area (Å²) in [5, 5.41) is 2.70. The number of nitrogens with zero attached hydrogens (tertiary/aromatic N) is 2. The van der Waals surface area contributed by atoms with Crippen LogP contribution in [0.2, 0.25) is 0 Å². The van der Waals surface area contributed by atoms with E-state index >= 15 is 0 Å². The number of fused-ring (bicyclic) bond motifs is 1. The van der Waals surface area contributed by atoms with E-state index in [0.717, 1.165) is 9.46 Å². The van der Waals surface area contributed by atoms with E-state index in [-0.39, 0.29) is 18.1 Å². The van der Waals surface area contributed by atoms with Gasteiger partial charge in [-0.3, -0.25) is 18.7 Å². The number of hydrogen-bond donors (Lipinski definition) is 1. The van der Waals surface area contributed by atoms with Gasteiger partial charge in [-0.25, -0.2) is 9.59 Å². The number of benzene rings is 1. The lowest BCUT2D eigenvalue weighted by atomic mass is 10.2. The number of thioether (sulfide) groups is 1. The van der Waals surface area contributed by atoms with E-state index in [2.05, 4.69) is 5.32 Å². The third-order valence-electron chi connectivity index (χ3n) is 3.82. The number of nitrogens with one attached hydrogen (secondary N) is 1.